The second-order valence-electron chi connectivity index (χ2n) is 10.5. The zero-order valence-electron chi connectivity index (χ0n) is 24.0. The van der Waals surface area contributed by atoms with Crippen LogP contribution in [0.1, 0.15) is 67.2 Å². The van der Waals surface area contributed by atoms with E-state index < -0.39 is 0 Å². The highest BCUT2D eigenvalue weighted by Gasteiger charge is 2.40. The van der Waals surface area contributed by atoms with Crippen molar-refractivity contribution in [2.24, 2.45) is 17.8 Å². The van der Waals surface area contributed by atoms with E-state index in [1.165, 1.54) is 12.8 Å². The van der Waals surface area contributed by atoms with Crippen LogP contribution in [0.3, 0.4) is 0 Å². The molecule has 0 bridgehead atoms. The Morgan fingerprint density at radius 2 is 1.19 bits per heavy atom. The van der Waals surface area contributed by atoms with Gasteiger partial charge < -0.3 is 18.9 Å². The molecule has 1 saturated carbocycles. The van der Waals surface area contributed by atoms with E-state index in [1.54, 1.807) is 0 Å². The Hall–Kier alpha value is -2.30. The Morgan fingerprint density at radius 1 is 0.730 bits per heavy atom. The topological polar surface area (TPSA) is 36.9 Å². The smallest absolute Gasteiger partial charge is 0.131 e. The predicted octanol–water partition coefficient (Wildman–Crippen LogP) is 8.37. The molecule has 2 aromatic carbocycles. The molecule has 1 aliphatic carbocycles. The van der Waals surface area contributed by atoms with Crippen molar-refractivity contribution in [1.82, 2.24) is 0 Å². The van der Waals surface area contributed by atoms with E-state index >= 15 is 0 Å². The summed E-state index contributed by atoms with van der Waals surface area (Å²) in [5, 5.41) is 0. The van der Waals surface area contributed by atoms with E-state index in [2.05, 4.69) is 48.1 Å². The molecule has 37 heavy (non-hydrogen) atoms. The van der Waals surface area contributed by atoms with Crippen LogP contribution in [0, 0.1) is 17.8 Å². The van der Waals surface area contributed by atoms with Crippen LogP contribution in [-0.4, -0.2) is 37.6 Å². The zero-order chi connectivity index (χ0) is 27.0. The Labute approximate surface area is 226 Å². The summed E-state index contributed by atoms with van der Waals surface area (Å²) in [5.41, 5.74) is 0. The summed E-state index contributed by atoms with van der Waals surface area (Å²) in [6, 6.07) is 20.0. The standard InChI is InChI=1S/C17H26O2.C16H24O2/c1-4-12-18-17(14-10-11-14)16(13(2)3)19-15-8-6-5-7-9-15;1-5-12-17-15(6-2)16(13(3)4)18-14-10-8-7-9-11-14/h5-9,13-14,16-17H,4,10-12H2,1-3H3;6-11,13,15-16H,2,5,12H2,1,3-4H3/t16-,17-;15-,16-/m00/s1. The van der Waals surface area contributed by atoms with Crippen molar-refractivity contribution in [1.29, 1.82) is 0 Å². The molecule has 0 amide bonds. The Morgan fingerprint density at radius 3 is 1.59 bits per heavy atom. The van der Waals surface area contributed by atoms with Crippen LogP contribution in [0.5, 0.6) is 11.5 Å². The molecular weight excluding hydrogens is 460 g/mol. The lowest BCUT2D eigenvalue weighted by molar-refractivity contribution is -0.0550. The van der Waals surface area contributed by atoms with Crippen LogP contribution in [0.15, 0.2) is 73.3 Å². The van der Waals surface area contributed by atoms with Gasteiger partial charge in [-0.1, -0.05) is 84.0 Å². The summed E-state index contributed by atoms with van der Waals surface area (Å²) in [4.78, 5) is 0. The minimum absolute atomic E-state index is 0.00329. The monoisotopic (exact) mass is 510 g/mol. The molecule has 2 aromatic rings. The van der Waals surface area contributed by atoms with Crippen molar-refractivity contribution in [3.05, 3.63) is 73.3 Å². The Kier molecular flexibility index (Phi) is 14.4. The Bertz CT molecular complexity index is 832. The first kappa shape index (κ1) is 30.9. The van der Waals surface area contributed by atoms with Crippen LogP contribution in [-0.2, 0) is 9.47 Å². The molecule has 0 N–H and O–H groups in total. The number of hydrogen-bond acceptors (Lipinski definition) is 4. The lowest BCUT2D eigenvalue weighted by Gasteiger charge is -2.31. The van der Waals surface area contributed by atoms with E-state index in [0.29, 0.717) is 17.8 Å². The average molecular weight is 511 g/mol. The van der Waals surface area contributed by atoms with Crippen molar-refractivity contribution >= 4 is 0 Å². The van der Waals surface area contributed by atoms with E-state index in [0.717, 1.165) is 37.6 Å². The van der Waals surface area contributed by atoms with Crippen molar-refractivity contribution in [3.8, 4) is 11.5 Å². The number of hydrogen-bond donors (Lipinski definition) is 0. The van der Waals surface area contributed by atoms with Crippen molar-refractivity contribution in [2.75, 3.05) is 13.2 Å². The van der Waals surface area contributed by atoms with Gasteiger partial charge in [0.25, 0.3) is 0 Å². The highest BCUT2D eigenvalue weighted by Crippen LogP contribution is 2.38. The summed E-state index contributed by atoms with van der Waals surface area (Å²) in [5.74, 6) is 3.35. The van der Waals surface area contributed by atoms with Gasteiger partial charge in [0.2, 0.25) is 0 Å². The summed E-state index contributed by atoms with van der Waals surface area (Å²) >= 11 is 0. The minimum Gasteiger partial charge on any atom is -0.487 e. The first-order chi connectivity index (χ1) is 17.9. The lowest BCUT2D eigenvalue weighted by atomic mass is 9.98. The second kappa shape index (κ2) is 17.3. The van der Waals surface area contributed by atoms with Gasteiger partial charge in [-0.25, -0.2) is 0 Å². The highest BCUT2D eigenvalue weighted by atomic mass is 16.5. The average Bonchev–Trinajstić information content (AvgIpc) is 3.75. The molecule has 0 radical (unpaired) electrons. The molecule has 0 heterocycles. The summed E-state index contributed by atoms with van der Waals surface area (Å²) in [6.07, 6.45) is 6.82. The molecule has 0 saturated heterocycles. The maximum atomic E-state index is 6.21. The SMILES string of the molecule is C=C[C@H](OCCC)[C@@H](Oc1ccccc1)C(C)C.CCCO[C@@H](C1CC1)[C@@H](Oc1ccccc1)C(C)C. The third-order valence-corrected chi connectivity index (χ3v) is 6.34. The molecule has 4 atom stereocenters. The van der Waals surface area contributed by atoms with Gasteiger partial charge in [0.15, 0.2) is 0 Å². The first-order valence-corrected chi connectivity index (χ1v) is 14.2. The number of rotatable bonds is 16. The van der Waals surface area contributed by atoms with E-state index in [9.17, 15) is 0 Å². The second-order valence-corrected chi connectivity index (χ2v) is 10.5. The maximum Gasteiger partial charge on any atom is 0.131 e. The van der Waals surface area contributed by atoms with Crippen molar-refractivity contribution in [2.45, 2.75) is 91.6 Å². The van der Waals surface area contributed by atoms with Gasteiger partial charge in [-0.05, 0) is 67.7 Å². The van der Waals surface area contributed by atoms with Gasteiger partial charge >= 0.3 is 0 Å². The summed E-state index contributed by atoms with van der Waals surface area (Å²) in [7, 11) is 0. The molecule has 0 aliphatic heterocycles. The fourth-order valence-electron chi connectivity index (χ4n) is 4.21. The predicted molar refractivity (Wildman–Crippen MR) is 154 cm³/mol. The molecule has 4 heteroatoms. The van der Waals surface area contributed by atoms with Gasteiger partial charge in [-0.15, -0.1) is 6.58 Å². The minimum atomic E-state index is -0.0647. The first-order valence-electron chi connectivity index (χ1n) is 14.2. The van der Waals surface area contributed by atoms with Crippen molar-refractivity contribution < 1.29 is 18.9 Å². The van der Waals surface area contributed by atoms with Gasteiger partial charge in [0.1, 0.15) is 29.8 Å². The molecule has 3 rings (SSSR count). The third kappa shape index (κ3) is 11.3. The van der Waals surface area contributed by atoms with Crippen LogP contribution in [0.25, 0.3) is 0 Å². The third-order valence-electron chi connectivity index (χ3n) is 6.34. The van der Waals surface area contributed by atoms with Crippen molar-refractivity contribution in [3.63, 3.8) is 0 Å². The molecular formula is C33H50O4. The number of benzene rings is 2. The maximum absolute atomic E-state index is 6.21. The van der Waals surface area contributed by atoms with Gasteiger partial charge in [0.05, 0.1) is 6.10 Å². The van der Waals surface area contributed by atoms with Crippen LogP contribution in [0.2, 0.25) is 0 Å². The fraction of sp³-hybridized carbons (Fsp3) is 0.576. The quantitative estimate of drug-likeness (QED) is 0.213. The van der Waals surface area contributed by atoms with Crippen LogP contribution < -0.4 is 9.47 Å². The molecule has 0 unspecified atom stereocenters. The molecule has 0 spiro atoms. The zero-order valence-corrected chi connectivity index (χ0v) is 24.0. The summed E-state index contributed by atoms with van der Waals surface area (Å²) in [6.45, 7) is 18.4. The molecule has 4 nitrogen and oxygen atoms in total. The van der Waals surface area contributed by atoms with E-state index in [-0.39, 0.29) is 24.4 Å². The van der Waals surface area contributed by atoms with E-state index in [1.807, 2.05) is 66.7 Å². The van der Waals surface area contributed by atoms with Crippen LogP contribution >= 0.6 is 0 Å². The van der Waals surface area contributed by atoms with Gasteiger partial charge in [0, 0.05) is 13.2 Å². The molecule has 1 fully saturated rings. The lowest BCUT2D eigenvalue weighted by Crippen LogP contribution is -2.40. The number of ether oxygens (including phenoxy) is 4. The molecule has 0 aromatic heterocycles. The molecule has 1 aliphatic rings. The molecule has 206 valence electrons. The van der Waals surface area contributed by atoms with Crippen LogP contribution in [0.4, 0.5) is 0 Å². The summed E-state index contributed by atoms with van der Waals surface area (Å²) < 4.78 is 24.1. The van der Waals surface area contributed by atoms with Gasteiger partial charge in [-0.3, -0.25) is 0 Å². The van der Waals surface area contributed by atoms with E-state index in [4.69, 9.17) is 18.9 Å². The van der Waals surface area contributed by atoms with Gasteiger partial charge in [-0.2, -0.15) is 0 Å². The fourth-order valence-corrected chi connectivity index (χ4v) is 4.21. The number of para-hydroxylation sites is 2. The Balaban J connectivity index is 0.000000261. The normalized spacial score (nSPS) is 16.3. The largest absolute Gasteiger partial charge is 0.487 e. The highest BCUT2D eigenvalue weighted by molar-refractivity contribution is 5.22.